The first kappa shape index (κ1) is 10.2. The van der Waals surface area contributed by atoms with Gasteiger partial charge in [-0.25, -0.2) is 4.98 Å². The average Bonchev–Trinajstić information content (AvgIpc) is 2.55. The lowest BCUT2D eigenvalue weighted by atomic mass is 10.2. The van der Waals surface area contributed by atoms with Crippen molar-refractivity contribution in [2.45, 2.75) is 6.92 Å². The molecular weight excluding hydrogens is 258 g/mol. The predicted octanol–water partition coefficient (Wildman–Crippen LogP) is 2.19. The third-order valence-electron chi connectivity index (χ3n) is 2.28. The maximum Gasteiger partial charge on any atom is 0.221 e. The number of anilines is 1. The molecule has 4 nitrogen and oxygen atoms in total. The number of hydrogen-bond acceptors (Lipinski definition) is 3. The van der Waals surface area contributed by atoms with E-state index in [9.17, 15) is 4.79 Å². The summed E-state index contributed by atoms with van der Waals surface area (Å²) < 4.78 is 2.44. The molecule has 0 bridgehead atoms. The number of carbonyl (C=O) groups excluding carboxylic acids is 1. The normalized spacial score (nSPS) is 10.6. The summed E-state index contributed by atoms with van der Waals surface area (Å²) in [6.07, 6.45) is 0.757. The molecule has 0 aliphatic carbocycles. The van der Waals surface area contributed by atoms with Crippen LogP contribution in [0.1, 0.15) is 5.56 Å². The van der Waals surface area contributed by atoms with Gasteiger partial charge in [-0.15, -0.1) is 0 Å². The first-order chi connectivity index (χ1) is 7.17. The SMILES string of the molecule is CNc1nc2c(C)cc(Br)cc2n1C=O. The van der Waals surface area contributed by atoms with E-state index < -0.39 is 0 Å². The van der Waals surface area contributed by atoms with Crippen molar-refractivity contribution >= 4 is 39.3 Å². The van der Waals surface area contributed by atoms with Gasteiger partial charge in [-0.05, 0) is 24.6 Å². The summed E-state index contributed by atoms with van der Waals surface area (Å²) in [5, 5.41) is 2.89. The molecule has 0 spiro atoms. The molecule has 0 unspecified atom stereocenters. The first-order valence-corrected chi connectivity index (χ1v) is 5.28. The van der Waals surface area contributed by atoms with Gasteiger partial charge in [0.05, 0.1) is 11.0 Å². The third-order valence-corrected chi connectivity index (χ3v) is 2.74. The molecule has 0 amide bonds. The van der Waals surface area contributed by atoms with Crippen molar-refractivity contribution in [3.63, 3.8) is 0 Å². The van der Waals surface area contributed by atoms with Crippen molar-refractivity contribution in [2.24, 2.45) is 0 Å². The Balaban J connectivity index is 2.88. The minimum Gasteiger partial charge on any atom is -0.358 e. The number of aromatic nitrogens is 2. The second-order valence-electron chi connectivity index (χ2n) is 3.25. The van der Waals surface area contributed by atoms with E-state index in [1.165, 1.54) is 4.57 Å². The molecule has 1 aromatic carbocycles. The van der Waals surface area contributed by atoms with Gasteiger partial charge in [-0.2, -0.15) is 0 Å². The van der Waals surface area contributed by atoms with Gasteiger partial charge in [-0.3, -0.25) is 9.36 Å². The number of nitrogens with zero attached hydrogens (tertiary/aromatic N) is 2. The lowest BCUT2D eigenvalue weighted by molar-refractivity contribution is 0.549. The second kappa shape index (κ2) is 3.66. The highest BCUT2D eigenvalue weighted by molar-refractivity contribution is 9.10. The van der Waals surface area contributed by atoms with Crippen LogP contribution >= 0.6 is 15.9 Å². The number of benzene rings is 1. The zero-order valence-electron chi connectivity index (χ0n) is 8.41. The van der Waals surface area contributed by atoms with Crippen molar-refractivity contribution in [3.8, 4) is 0 Å². The number of nitrogens with one attached hydrogen (secondary N) is 1. The highest BCUT2D eigenvalue weighted by Crippen LogP contribution is 2.25. The monoisotopic (exact) mass is 267 g/mol. The summed E-state index contributed by atoms with van der Waals surface area (Å²) in [4.78, 5) is 15.3. The summed E-state index contributed by atoms with van der Waals surface area (Å²) in [5.41, 5.74) is 2.69. The summed E-state index contributed by atoms with van der Waals surface area (Å²) in [6.45, 7) is 1.97. The van der Waals surface area contributed by atoms with Gasteiger partial charge < -0.3 is 5.32 Å². The largest absolute Gasteiger partial charge is 0.358 e. The molecule has 1 aromatic heterocycles. The Morgan fingerprint density at radius 2 is 2.27 bits per heavy atom. The fourth-order valence-electron chi connectivity index (χ4n) is 1.60. The molecule has 2 aromatic rings. The quantitative estimate of drug-likeness (QED) is 0.849. The molecule has 1 heterocycles. The number of rotatable bonds is 2. The second-order valence-corrected chi connectivity index (χ2v) is 4.17. The maximum absolute atomic E-state index is 11.0. The van der Waals surface area contributed by atoms with Crippen molar-refractivity contribution in [1.82, 2.24) is 9.55 Å². The Bertz CT molecular complexity index is 533. The Kier molecular flexibility index (Phi) is 2.48. The van der Waals surface area contributed by atoms with Gasteiger partial charge in [0.1, 0.15) is 0 Å². The minimum absolute atomic E-state index is 0.557. The van der Waals surface area contributed by atoms with Crippen LogP contribution in [0, 0.1) is 6.92 Å². The highest BCUT2D eigenvalue weighted by atomic mass is 79.9. The van der Waals surface area contributed by atoms with Gasteiger partial charge in [-0.1, -0.05) is 15.9 Å². The molecule has 15 heavy (non-hydrogen) atoms. The number of carbonyl (C=O) groups is 1. The molecule has 0 fully saturated rings. The van der Waals surface area contributed by atoms with Gasteiger partial charge in [0.25, 0.3) is 0 Å². The first-order valence-electron chi connectivity index (χ1n) is 4.48. The molecular formula is C10H10BrN3O. The van der Waals surface area contributed by atoms with Crippen molar-refractivity contribution in [2.75, 3.05) is 12.4 Å². The molecule has 0 aliphatic heterocycles. The lowest BCUT2D eigenvalue weighted by Crippen LogP contribution is -2.01. The van der Waals surface area contributed by atoms with Gasteiger partial charge in [0.2, 0.25) is 12.4 Å². The van der Waals surface area contributed by atoms with Gasteiger partial charge >= 0.3 is 0 Å². The number of halogens is 1. The van der Waals surface area contributed by atoms with Crippen LogP contribution in [0.5, 0.6) is 0 Å². The predicted molar refractivity (Wildman–Crippen MR) is 63.9 cm³/mol. The van der Waals surface area contributed by atoms with E-state index in [0.717, 1.165) is 27.5 Å². The third kappa shape index (κ3) is 1.52. The van der Waals surface area contributed by atoms with E-state index >= 15 is 0 Å². The van der Waals surface area contributed by atoms with E-state index in [2.05, 4.69) is 26.2 Å². The van der Waals surface area contributed by atoms with E-state index in [-0.39, 0.29) is 0 Å². The molecule has 0 radical (unpaired) electrons. The fraction of sp³-hybridized carbons (Fsp3) is 0.200. The molecule has 0 atom stereocenters. The summed E-state index contributed by atoms with van der Waals surface area (Å²) in [6, 6.07) is 3.86. The Hall–Kier alpha value is -1.36. The van der Waals surface area contributed by atoms with Crippen LogP contribution in [0.15, 0.2) is 16.6 Å². The molecule has 0 saturated carbocycles. The standard InChI is InChI=1S/C10H10BrN3O/c1-6-3-7(11)4-8-9(6)13-10(12-2)14(8)5-15/h3-5H,1-2H3,(H,12,13). The zero-order valence-corrected chi connectivity index (χ0v) is 10.00. The Labute approximate surface area is 95.4 Å². The minimum atomic E-state index is 0.557. The number of hydrogen-bond donors (Lipinski definition) is 1. The number of imidazole rings is 1. The summed E-state index contributed by atoms with van der Waals surface area (Å²) in [7, 11) is 1.74. The van der Waals surface area contributed by atoms with Gasteiger partial charge in [0, 0.05) is 11.5 Å². The van der Waals surface area contributed by atoms with Crippen LogP contribution in [-0.2, 0) is 4.79 Å². The van der Waals surface area contributed by atoms with Crippen LogP contribution < -0.4 is 5.32 Å². The van der Waals surface area contributed by atoms with E-state index in [1.54, 1.807) is 7.05 Å². The number of aryl methyl sites for hydroxylation is 1. The Morgan fingerprint density at radius 3 is 2.87 bits per heavy atom. The molecule has 5 heteroatoms. The highest BCUT2D eigenvalue weighted by Gasteiger charge is 2.11. The lowest BCUT2D eigenvalue weighted by Gasteiger charge is -1.99. The van der Waals surface area contributed by atoms with Crippen LogP contribution in [0.4, 0.5) is 5.95 Å². The molecule has 0 aliphatic rings. The van der Waals surface area contributed by atoms with Crippen LogP contribution in [-0.4, -0.2) is 23.0 Å². The number of fused-ring (bicyclic) bond motifs is 1. The Morgan fingerprint density at radius 1 is 1.53 bits per heavy atom. The maximum atomic E-state index is 11.0. The van der Waals surface area contributed by atoms with Gasteiger partial charge in [0.15, 0.2) is 0 Å². The summed E-state index contributed by atoms with van der Waals surface area (Å²) in [5.74, 6) is 0.557. The molecule has 2 rings (SSSR count). The van der Waals surface area contributed by atoms with Crippen LogP contribution in [0.3, 0.4) is 0 Å². The van der Waals surface area contributed by atoms with Crippen molar-refractivity contribution < 1.29 is 4.79 Å². The molecule has 78 valence electrons. The van der Waals surface area contributed by atoms with Crippen molar-refractivity contribution in [3.05, 3.63) is 22.2 Å². The van der Waals surface area contributed by atoms with E-state index in [0.29, 0.717) is 5.95 Å². The fourth-order valence-corrected chi connectivity index (χ4v) is 2.16. The molecule has 1 N–H and O–H groups in total. The average molecular weight is 268 g/mol. The van der Waals surface area contributed by atoms with E-state index in [1.807, 2.05) is 19.1 Å². The van der Waals surface area contributed by atoms with Crippen LogP contribution in [0.25, 0.3) is 11.0 Å². The van der Waals surface area contributed by atoms with Crippen molar-refractivity contribution in [1.29, 1.82) is 0 Å². The summed E-state index contributed by atoms with van der Waals surface area (Å²) >= 11 is 3.40. The zero-order chi connectivity index (χ0) is 11.0. The topological polar surface area (TPSA) is 46.9 Å². The van der Waals surface area contributed by atoms with Crippen LogP contribution in [0.2, 0.25) is 0 Å². The van der Waals surface area contributed by atoms with E-state index in [4.69, 9.17) is 0 Å². The smallest absolute Gasteiger partial charge is 0.221 e. The molecule has 0 saturated heterocycles.